The molecule has 1 aliphatic heterocycles. The van der Waals surface area contributed by atoms with Crippen molar-refractivity contribution < 1.29 is 18.3 Å². The molecule has 1 aromatic rings. The molecule has 4 N–H and O–H groups in total. The molecule has 1 atom stereocenters. The highest BCUT2D eigenvalue weighted by Gasteiger charge is 2.28. The maximum absolute atomic E-state index is 12.3. The summed E-state index contributed by atoms with van der Waals surface area (Å²) in [7, 11) is -2.00. The van der Waals surface area contributed by atoms with Gasteiger partial charge in [-0.25, -0.2) is 17.9 Å². The summed E-state index contributed by atoms with van der Waals surface area (Å²) in [6.45, 7) is 1.40. The first-order valence-corrected chi connectivity index (χ1v) is 7.61. The number of benzene rings is 1. The number of likely N-dealkylation sites (tertiary alicyclic amines) is 1. The zero-order chi connectivity index (χ0) is 14.9. The van der Waals surface area contributed by atoms with E-state index in [9.17, 15) is 13.2 Å². The standard InChI is InChI=1S/C12H17N3O4S/c1-15-5-4-9(7-15)14-20(18,19)11-6-8(13)2-3-10(11)12(16)17/h2-3,6,9,14H,4-5,7,13H2,1H3,(H,16,17). The number of nitrogens with zero attached hydrogens (tertiary/aromatic N) is 1. The van der Waals surface area contributed by atoms with E-state index in [-0.39, 0.29) is 22.2 Å². The Morgan fingerprint density at radius 2 is 2.20 bits per heavy atom. The monoisotopic (exact) mass is 299 g/mol. The number of likely N-dealkylation sites (N-methyl/N-ethyl adjacent to an activating group) is 1. The van der Waals surface area contributed by atoms with Crippen LogP contribution in [-0.2, 0) is 10.0 Å². The van der Waals surface area contributed by atoms with E-state index in [0.29, 0.717) is 13.0 Å². The SMILES string of the molecule is CN1CCC(NS(=O)(=O)c2cc(N)ccc2C(=O)O)C1. The Morgan fingerprint density at radius 3 is 2.75 bits per heavy atom. The third kappa shape index (κ3) is 3.09. The third-order valence-corrected chi connectivity index (χ3v) is 4.80. The Balaban J connectivity index is 2.33. The molecule has 0 aromatic heterocycles. The van der Waals surface area contributed by atoms with Crippen molar-refractivity contribution in [1.82, 2.24) is 9.62 Å². The molecule has 110 valence electrons. The second-order valence-corrected chi connectivity index (χ2v) is 6.61. The second kappa shape index (κ2) is 5.39. The Hall–Kier alpha value is -1.64. The lowest BCUT2D eigenvalue weighted by Crippen LogP contribution is -2.37. The minimum atomic E-state index is -3.90. The number of hydrogen-bond donors (Lipinski definition) is 3. The minimum Gasteiger partial charge on any atom is -0.478 e. The van der Waals surface area contributed by atoms with Crippen molar-refractivity contribution in [3.63, 3.8) is 0 Å². The largest absolute Gasteiger partial charge is 0.478 e. The van der Waals surface area contributed by atoms with Gasteiger partial charge < -0.3 is 15.7 Å². The summed E-state index contributed by atoms with van der Waals surface area (Å²) >= 11 is 0. The molecule has 7 nitrogen and oxygen atoms in total. The fourth-order valence-electron chi connectivity index (χ4n) is 2.25. The first kappa shape index (κ1) is 14.8. The van der Waals surface area contributed by atoms with E-state index >= 15 is 0 Å². The van der Waals surface area contributed by atoms with Crippen LogP contribution < -0.4 is 10.5 Å². The van der Waals surface area contributed by atoms with Crippen molar-refractivity contribution in [1.29, 1.82) is 0 Å². The van der Waals surface area contributed by atoms with Crippen molar-refractivity contribution >= 4 is 21.7 Å². The molecule has 0 spiro atoms. The highest BCUT2D eigenvalue weighted by Crippen LogP contribution is 2.20. The van der Waals surface area contributed by atoms with Crippen LogP contribution in [0.25, 0.3) is 0 Å². The normalized spacial score (nSPS) is 20.1. The van der Waals surface area contributed by atoms with Crippen LogP contribution in [0.5, 0.6) is 0 Å². The van der Waals surface area contributed by atoms with Gasteiger partial charge in [0.2, 0.25) is 10.0 Å². The Bertz CT molecular complexity index is 630. The smallest absolute Gasteiger partial charge is 0.337 e. The molecule has 1 unspecified atom stereocenters. The quantitative estimate of drug-likeness (QED) is 0.672. The van der Waals surface area contributed by atoms with Gasteiger partial charge in [-0.3, -0.25) is 0 Å². The molecule has 0 bridgehead atoms. The van der Waals surface area contributed by atoms with Gasteiger partial charge in [0.25, 0.3) is 0 Å². The van der Waals surface area contributed by atoms with Gasteiger partial charge in [-0.15, -0.1) is 0 Å². The van der Waals surface area contributed by atoms with E-state index in [1.165, 1.54) is 18.2 Å². The number of carboxylic acids is 1. The van der Waals surface area contributed by atoms with Crippen LogP contribution >= 0.6 is 0 Å². The highest BCUT2D eigenvalue weighted by atomic mass is 32.2. The molecule has 2 rings (SSSR count). The van der Waals surface area contributed by atoms with Crippen LogP contribution in [-0.4, -0.2) is 50.6 Å². The van der Waals surface area contributed by atoms with Crippen molar-refractivity contribution in [2.75, 3.05) is 25.9 Å². The van der Waals surface area contributed by atoms with Crippen LogP contribution in [0.4, 0.5) is 5.69 Å². The maximum Gasteiger partial charge on any atom is 0.337 e. The molecule has 8 heteroatoms. The lowest BCUT2D eigenvalue weighted by molar-refractivity contribution is 0.0692. The zero-order valence-corrected chi connectivity index (χ0v) is 11.9. The van der Waals surface area contributed by atoms with E-state index < -0.39 is 16.0 Å². The summed E-state index contributed by atoms with van der Waals surface area (Å²) in [5.41, 5.74) is 5.49. The van der Waals surface area contributed by atoms with E-state index in [2.05, 4.69) is 4.72 Å². The van der Waals surface area contributed by atoms with E-state index in [0.717, 1.165) is 6.54 Å². The number of hydrogen-bond acceptors (Lipinski definition) is 5. The van der Waals surface area contributed by atoms with Crippen molar-refractivity contribution in [3.8, 4) is 0 Å². The summed E-state index contributed by atoms with van der Waals surface area (Å²) in [4.78, 5) is 12.8. The number of carbonyl (C=O) groups is 1. The summed E-state index contributed by atoms with van der Waals surface area (Å²) in [5.74, 6) is -1.30. The third-order valence-electron chi connectivity index (χ3n) is 3.24. The number of nitrogens with one attached hydrogen (secondary N) is 1. The van der Waals surface area contributed by atoms with Crippen molar-refractivity contribution in [2.24, 2.45) is 0 Å². The lowest BCUT2D eigenvalue weighted by Gasteiger charge is -2.15. The van der Waals surface area contributed by atoms with E-state index in [1.54, 1.807) is 0 Å². The summed E-state index contributed by atoms with van der Waals surface area (Å²) in [5, 5.41) is 9.08. The molecule has 0 aliphatic carbocycles. The van der Waals surface area contributed by atoms with Gasteiger partial charge in [0.05, 0.1) is 10.5 Å². The zero-order valence-electron chi connectivity index (χ0n) is 11.0. The first-order chi connectivity index (χ1) is 9.29. The maximum atomic E-state index is 12.3. The Labute approximate surface area is 117 Å². The number of anilines is 1. The molecule has 20 heavy (non-hydrogen) atoms. The molecule has 1 saturated heterocycles. The fraction of sp³-hybridized carbons (Fsp3) is 0.417. The van der Waals surface area contributed by atoms with E-state index in [1.807, 2.05) is 11.9 Å². The van der Waals surface area contributed by atoms with Crippen LogP contribution in [0.1, 0.15) is 16.8 Å². The van der Waals surface area contributed by atoms with Gasteiger partial charge in [-0.1, -0.05) is 0 Å². The van der Waals surface area contributed by atoms with Gasteiger partial charge in [0, 0.05) is 18.3 Å². The first-order valence-electron chi connectivity index (χ1n) is 6.13. The number of carboxylic acid groups (broad SMARTS) is 1. The van der Waals surface area contributed by atoms with Crippen LogP contribution in [0, 0.1) is 0 Å². The summed E-state index contributed by atoms with van der Waals surface area (Å²) in [6, 6.07) is 3.52. The molecular weight excluding hydrogens is 282 g/mol. The van der Waals surface area contributed by atoms with Crippen LogP contribution in [0.3, 0.4) is 0 Å². The van der Waals surface area contributed by atoms with Crippen molar-refractivity contribution in [2.45, 2.75) is 17.4 Å². The molecule has 1 aromatic carbocycles. The van der Waals surface area contributed by atoms with Gasteiger partial charge in [0.1, 0.15) is 0 Å². The molecule has 0 amide bonds. The van der Waals surface area contributed by atoms with Gasteiger partial charge in [-0.2, -0.15) is 0 Å². The number of sulfonamides is 1. The summed E-state index contributed by atoms with van der Waals surface area (Å²) in [6.07, 6.45) is 0.695. The summed E-state index contributed by atoms with van der Waals surface area (Å²) < 4.78 is 27.2. The lowest BCUT2D eigenvalue weighted by atomic mass is 10.2. The van der Waals surface area contributed by atoms with E-state index in [4.69, 9.17) is 10.8 Å². The predicted molar refractivity (Wildman–Crippen MR) is 74.0 cm³/mol. The highest BCUT2D eigenvalue weighted by molar-refractivity contribution is 7.89. The molecular formula is C12H17N3O4S. The number of nitrogen functional groups attached to an aromatic ring is 1. The fourth-order valence-corrected chi connectivity index (χ4v) is 3.75. The predicted octanol–water partition coefficient (Wildman–Crippen LogP) is -0.0506. The topological polar surface area (TPSA) is 113 Å². The molecule has 0 radical (unpaired) electrons. The molecule has 1 fully saturated rings. The Kier molecular flexibility index (Phi) is 3.98. The Morgan fingerprint density at radius 1 is 1.50 bits per heavy atom. The van der Waals surface area contributed by atoms with Gasteiger partial charge in [0.15, 0.2) is 0 Å². The molecule has 0 saturated carbocycles. The van der Waals surface area contributed by atoms with Gasteiger partial charge in [-0.05, 0) is 38.2 Å². The number of rotatable bonds is 4. The average molecular weight is 299 g/mol. The van der Waals surface area contributed by atoms with Crippen LogP contribution in [0.15, 0.2) is 23.1 Å². The molecule has 1 heterocycles. The minimum absolute atomic E-state index is 0.207. The van der Waals surface area contributed by atoms with Gasteiger partial charge >= 0.3 is 5.97 Å². The van der Waals surface area contributed by atoms with Crippen molar-refractivity contribution in [3.05, 3.63) is 23.8 Å². The molecule has 1 aliphatic rings. The second-order valence-electron chi connectivity index (χ2n) is 4.93. The number of aromatic carboxylic acids is 1. The number of nitrogens with two attached hydrogens (primary N) is 1. The van der Waals surface area contributed by atoms with Crippen LogP contribution in [0.2, 0.25) is 0 Å². The average Bonchev–Trinajstić information content (AvgIpc) is 2.73.